The number of thiophene rings is 1. The first-order valence-corrected chi connectivity index (χ1v) is 10.9. The van der Waals surface area contributed by atoms with Crippen LogP contribution in [0.5, 0.6) is 0 Å². The topological polar surface area (TPSA) is 56.2 Å². The van der Waals surface area contributed by atoms with Crippen LogP contribution in [0.15, 0.2) is 51.2 Å². The molecular formula is C20H15ClN4OS2. The molecule has 5 rings (SSSR count). The number of hydrogen-bond donors (Lipinski definition) is 0. The van der Waals surface area contributed by atoms with Crippen molar-refractivity contribution in [2.45, 2.75) is 24.6 Å². The minimum Gasteiger partial charge on any atom is -0.441 e. The zero-order valence-electron chi connectivity index (χ0n) is 15.1. The van der Waals surface area contributed by atoms with Crippen molar-refractivity contribution >= 4 is 50.4 Å². The molecule has 0 saturated carbocycles. The number of oxazole rings is 1. The highest BCUT2D eigenvalue weighted by Crippen LogP contribution is 2.33. The lowest BCUT2D eigenvalue weighted by Crippen LogP contribution is -2.00. The van der Waals surface area contributed by atoms with Gasteiger partial charge in [-0.25, -0.2) is 4.98 Å². The van der Waals surface area contributed by atoms with Gasteiger partial charge >= 0.3 is 0 Å². The van der Waals surface area contributed by atoms with Crippen LogP contribution < -0.4 is 0 Å². The average Bonchev–Trinajstić information content (AvgIpc) is 3.36. The molecule has 4 heterocycles. The number of halogens is 1. The predicted octanol–water partition coefficient (Wildman–Crippen LogP) is 6.16. The number of nitrogens with zero attached hydrogens (tertiary/aromatic N) is 4. The van der Waals surface area contributed by atoms with E-state index in [1.165, 1.54) is 10.2 Å². The van der Waals surface area contributed by atoms with Gasteiger partial charge in [0.2, 0.25) is 5.89 Å². The van der Waals surface area contributed by atoms with E-state index in [1.807, 2.05) is 38.1 Å². The summed E-state index contributed by atoms with van der Waals surface area (Å²) in [5, 5.41) is 12.5. The van der Waals surface area contributed by atoms with E-state index in [1.54, 1.807) is 23.1 Å². The normalized spacial score (nSPS) is 11.7. The van der Waals surface area contributed by atoms with Crippen LogP contribution in [-0.4, -0.2) is 19.6 Å². The Hall–Kier alpha value is -2.35. The lowest BCUT2D eigenvalue weighted by molar-refractivity contribution is 0.540. The van der Waals surface area contributed by atoms with E-state index in [0.29, 0.717) is 16.7 Å². The van der Waals surface area contributed by atoms with Gasteiger partial charge in [0.05, 0.1) is 21.4 Å². The highest BCUT2D eigenvalue weighted by atomic mass is 35.5. The van der Waals surface area contributed by atoms with Crippen LogP contribution in [0.4, 0.5) is 0 Å². The van der Waals surface area contributed by atoms with E-state index in [-0.39, 0.29) is 0 Å². The molecule has 4 aromatic heterocycles. The molecule has 0 aliphatic rings. The number of thioether (sulfide) groups is 1. The molecule has 0 bridgehead atoms. The molecule has 0 fully saturated rings. The van der Waals surface area contributed by atoms with Crippen LogP contribution in [0.3, 0.4) is 0 Å². The molecule has 8 heteroatoms. The lowest BCUT2D eigenvalue weighted by Gasteiger charge is -2.05. The lowest BCUT2D eigenvalue weighted by atomic mass is 10.2. The van der Waals surface area contributed by atoms with Gasteiger partial charge in [-0.05, 0) is 55.6 Å². The summed E-state index contributed by atoms with van der Waals surface area (Å²) in [5.74, 6) is 2.96. The van der Waals surface area contributed by atoms with Gasteiger partial charge in [-0.15, -0.1) is 21.5 Å². The summed E-state index contributed by atoms with van der Waals surface area (Å²) in [7, 11) is 0. The maximum Gasteiger partial charge on any atom is 0.226 e. The summed E-state index contributed by atoms with van der Waals surface area (Å²) in [4.78, 5) is 4.67. The molecule has 0 unspecified atom stereocenters. The van der Waals surface area contributed by atoms with Crippen molar-refractivity contribution < 1.29 is 4.42 Å². The Balaban J connectivity index is 1.45. The van der Waals surface area contributed by atoms with Gasteiger partial charge in [0, 0.05) is 16.3 Å². The molecule has 1 aromatic carbocycles. The Morgan fingerprint density at radius 3 is 2.75 bits per heavy atom. The summed E-state index contributed by atoms with van der Waals surface area (Å²) in [5.41, 5.74) is 4.08. The van der Waals surface area contributed by atoms with Crippen LogP contribution >= 0.6 is 34.7 Å². The number of rotatable bonds is 4. The molecule has 5 nitrogen and oxygen atoms in total. The third kappa shape index (κ3) is 2.99. The van der Waals surface area contributed by atoms with Gasteiger partial charge in [0.25, 0.3) is 0 Å². The van der Waals surface area contributed by atoms with Crippen LogP contribution in [0.2, 0.25) is 5.02 Å². The summed E-state index contributed by atoms with van der Waals surface area (Å²) in [6, 6.07) is 11.8. The minimum atomic E-state index is 0.605. The Kier molecular flexibility index (Phi) is 4.38. The van der Waals surface area contributed by atoms with Gasteiger partial charge in [0.1, 0.15) is 16.6 Å². The van der Waals surface area contributed by atoms with Gasteiger partial charge in [-0.3, -0.25) is 4.40 Å². The maximum absolute atomic E-state index is 5.96. The van der Waals surface area contributed by atoms with E-state index >= 15 is 0 Å². The quantitative estimate of drug-likeness (QED) is 0.322. The van der Waals surface area contributed by atoms with Crippen molar-refractivity contribution in [3.8, 4) is 11.5 Å². The highest BCUT2D eigenvalue weighted by molar-refractivity contribution is 7.98. The molecule has 0 amide bonds. The van der Waals surface area contributed by atoms with E-state index in [4.69, 9.17) is 16.0 Å². The second-order valence-corrected chi connectivity index (χ2v) is 8.75. The van der Waals surface area contributed by atoms with E-state index in [9.17, 15) is 0 Å². The molecule has 0 aliphatic carbocycles. The summed E-state index contributed by atoms with van der Waals surface area (Å²) in [6.07, 6.45) is 0. The number of aromatic nitrogens is 4. The van der Waals surface area contributed by atoms with Crippen molar-refractivity contribution in [2.75, 3.05) is 0 Å². The van der Waals surface area contributed by atoms with Crippen molar-refractivity contribution in [3.05, 3.63) is 64.1 Å². The Morgan fingerprint density at radius 2 is 1.93 bits per heavy atom. The van der Waals surface area contributed by atoms with Gasteiger partial charge in [-0.2, -0.15) is 0 Å². The zero-order valence-corrected chi connectivity index (χ0v) is 17.5. The van der Waals surface area contributed by atoms with Crippen LogP contribution in [0.1, 0.15) is 17.3 Å². The monoisotopic (exact) mass is 426 g/mol. The Labute approximate surface area is 174 Å². The molecule has 0 atom stereocenters. The molecule has 5 aromatic rings. The molecule has 0 saturated heterocycles. The number of fused-ring (bicyclic) bond motifs is 3. The fourth-order valence-corrected chi connectivity index (χ4v) is 5.03. The van der Waals surface area contributed by atoms with Gasteiger partial charge in [-0.1, -0.05) is 23.4 Å². The smallest absolute Gasteiger partial charge is 0.226 e. The standard InChI is InChI=1S/C20H15ClN4OS2/c1-11-15(22-19(26-11)13-3-5-14(21)6-4-13)10-28-20-17-9-18-16(7-8-27-18)25(17)12(2)23-24-20/h3-9H,10H2,1-2H3. The van der Waals surface area contributed by atoms with Crippen molar-refractivity contribution in [2.24, 2.45) is 0 Å². The molecule has 0 aliphatic heterocycles. The number of aryl methyl sites for hydroxylation is 2. The van der Waals surface area contributed by atoms with Crippen molar-refractivity contribution in [1.29, 1.82) is 0 Å². The van der Waals surface area contributed by atoms with Gasteiger partial charge in [0.15, 0.2) is 0 Å². The molecule has 0 radical (unpaired) electrons. The minimum absolute atomic E-state index is 0.605. The number of benzene rings is 1. The van der Waals surface area contributed by atoms with E-state index in [0.717, 1.165) is 33.4 Å². The highest BCUT2D eigenvalue weighted by Gasteiger charge is 2.16. The fourth-order valence-electron chi connectivity index (χ4n) is 3.16. The molecule has 28 heavy (non-hydrogen) atoms. The largest absolute Gasteiger partial charge is 0.441 e. The van der Waals surface area contributed by atoms with Crippen molar-refractivity contribution in [1.82, 2.24) is 19.6 Å². The first-order chi connectivity index (χ1) is 13.6. The average molecular weight is 427 g/mol. The summed E-state index contributed by atoms with van der Waals surface area (Å²) >= 11 is 9.31. The summed E-state index contributed by atoms with van der Waals surface area (Å²) in [6.45, 7) is 3.91. The molecule has 140 valence electrons. The third-order valence-corrected chi connectivity index (χ3v) is 6.67. The molecule has 0 spiro atoms. The Bertz CT molecular complexity index is 1300. The van der Waals surface area contributed by atoms with Crippen LogP contribution in [0.25, 0.3) is 27.2 Å². The van der Waals surface area contributed by atoms with Gasteiger partial charge < -0.3 is 4.42 Å². The van der Waals surface area contributed by atoms with E-state index < -0.39 is 0 Å². The number of hydrogen-bond acceptors (Lipinski definition) is 6. The molecular weight excluding hydrogens is 412 g/mol. The first-order valence-electron chi connectivity index (χ1n) is 8.67. The third-order valence-electron chi connectivity index (χ3n) is 4.58. The summed E-state index contributed by atoms with van der Waals surface area (Å²) < 4.78 is 9.27. The zero-order chi connectivity index (χ0) is 19.3. The van der Waals surface area contributed by atoms with Crippen LogP contribution in [0, 0.1) is 13.8 Å². The first kappa shape index (κ1) is 17.7. The second kappa shape index (κ2) is 6.92. The second-order valence-electron chi connectivity index (χ2n) is 6.40. The van der Waals surface area contributed by atoms with E-state index in [2.05, 4.69) is 37.1 Å². The maximum atomic E-state index is 5.96. The molecule has 0 N–H and O–H groups in total. The Morgan fingerprint density at radius 1 is 1.11 bits per heavy atom. The fraction of sp³-hybridized carbons (Fsp3) is 0.150. The van der Waals surface area contributed by atoms with Crippen LogP contribution in [-0.2, 0) is 5.75 Å². The SMILES string of the molecule is Cc1oc(-c2ccc(Cl)cc2)nc1CSc1nnc(C)n2c1cc1sccc12. The van der Waals surface area contributed by atoms with Crippen molar-refractivity contribution in [3.63, 3.8) is 0 Å². The predicted molar refractivity (Wildman–Crippen MR) is 114 cm³/mol.